The summed E-state index contributed by atoms with van der Waals surface area (Å²) in [6.45, 7) is 0.861. The van der Waals surface area contributed by atoms with Gasteiger partial charge in [-0.1, -0.05) is 15.9 Å². The second-order valence-corrected chi connectivity index (χ2v) is 1.93. The van der Waals surface area contributed by atoms with Crippen LogP contribution in [0.2, 0.25) is 0 Å². The molecule has 0 aliphatic carbocycles. The third-order valence-corrected chi connectivity index (χ3v) is 0.912. The molecule has 0 saturated heterocycles. The van der Waals surface area contributed by atoms with Crippen molar-refractivity contribution in [1.82, 2.24) is 0 Å². The van der Waals surface area contributed by atoms with Gasteiger partial charge in [0, 0.05) is 0 Å². The molecule has 0 aromatic carbocycles. The van der Waals surface area contributed by atoms with Gasteiger partial charge in [-0.05, 0) is 0 Å². The van der Waals surface area contributed by atoms with Gasteiger partial charge >= 0.3 is 0 Å². The van der Waals surface area contributed by atoms with E-state index < -0.39 is 0 Å². The van der Waals surface area contributed by atoms with E-state index >= 15 is 0 Å². The van der Waals surface area contributed by atoms with E-state index in [2.05, 4.69) is 26.2 Å². The molecule has 1 aliphatic rings. The highest BCUT2D eigenvalue weighted by molar-refractivity contribution is 9.09. The third kappa shape index (κ3) is 0.478. The zero-order valence-corrected chi connectivity index (χ0v) is 4.14. The van der Waals surface area contributed by atoms with Crippen molar-refractivity contribution in [3.8, 4) is 0 Å². The number of azo groups is 1. The Hall–Kier alpha value is 0.0800. The number of nitrogens with zero attached hydrogens (tertiary/aromatic N) is 2. The molecule has 1 heterocycles. The van der Waals surface area contributed by atoms with Crippen LogP contribution in [-0.2, 0) is 0 Å². The summed E-state index contributed by atoms with van der Waals surface area (Å²) in [5, 5.41) is 7.19. The maximum Gasteiger partial charge on any atom is 0.146 e. The van der Waals surface area contributed by atoms with Gasteiger partial charge < -0.3 is 0 Å². The minimum absolute atomic E-state index is 0.336. The molecule has 0 aromatic rings. The van der Waals surface area contributed by atoms with Crippen LogP contribution in [0.3, 0.4) is 0 Å². The van der Waals surface area contributed by atoms with Gasteiger partial charge in [0.2, 0.25) is 0 Å². The number of rotatable bonds is 0. The molecule has 0 N–H and O–H groups in total. The molecule has 0 saturated carbocycles. The van der Waals surface area contributed by atoms with Gasteiger partial charge in [-0.25, -0.2) is 0 Å². The summed E-state index contributed by atoms with van der Waals surface area (Å²) in [6.07, 6.45) is 0. The average Bonchev–Trinajstić information content (AvgIpc) is 1.30. The first kappa shape index (κ1) is 3.28. The molecule has 0 radical (unpaired) electrons. The maximum absolute atomic E-state index is 3.61. The minimum Gasteiger partial charge on any atom is -0.190 e. The van der Waals surface area contributed by atoms with Crippen LogP contribution >= 0.6 is 15.9 Å². The molecule has 0 aromatic heterocycles. The number of halogens is 1. The Bertz CT molecular complexity index is 60.7. The Balaban J connectivity index is 2.39. The molecule has 1 unspecified atom stereocenters. The van der Waals surface area contributed by atoms with Crippen LogP contribution in [0, 0.1) is 0 Å². The van der Waals surface area contributed by atoms with Crippen LogP contribution in [-0.4, -0.2) is 11.5 Å². The standard InChI is InChI=1S/C2H3BrN2/c3-2-1-4-5-2/h2H,1H2. The van der Waals surface area contributed by atoms with E-state index in [0.717, 1.165) is 6.54 Å². The molecule has 28 valence electrons. The van der Waals surface area contributed by atoms with E-state index in [1.807, 2.05) is 0 Å². The normalized spacial score (nSPS) is 33.4. The van der Waals surface area contributed by atoms with E-state index in [9.17, 15) is 0 Å². The SMILES string of the molecule is BrC1CN=N1. The monoisotopic (exact) mass is 134 g/mol. The first-order valence-corrected chi connectivity index (χ1v) is 2.32. The largest absolute Gasteiger partial charge is 0.190 e. The molecule has 5 heavy (non-hydrogen) atoms. The lowest BCUT2D eigenvalue weighted by molar-refractivity contribution is 0.701. The van der Waals surface area contributed by atoms with E-state index in [1.54, 1.807) is 0 Å². The Morgan fingerprint density at radius 2 is 2.20 bits per heavy atom. The summed E-state index contributed by atoms with van der Waals surface area (Å²) in [4.78, 5) is 0.336. The molecule has 1 atom stereocenters. The number of hydrogen-bond donors (Lipinski definition) is 0. The van der Waals surface area contributed by atoms with Crippen molar-refractivity contribution in [3.63, 3.8) is 0 Å². The van der Waals surface area contributed by atoms with Crippen molar-refractivity contribution >= 4 is 15.9 Å². The van der Waals surface area contributed by atoms with Crippen LogP contribution in [0.4, 0.5) is 0 Å². The first-order chi connectivity index (χ1) is 2.39. The molecule has 0 amide bonds. The Morgan fingerprint density at radius 3 is 2.20 bits per heavy atom. The molecule has 3 heteroatoms. The van der Waals surface area contributed by atoms with Gasteiger partial charge in [0.15, 0.2) is 0 Å². The minimum atomic E-state index is 0.336. The van der Waals surface area contributed by atoms with Gasteiger partial charge in [0.1, 0.15) is 4.95 Å². The first-order valence-electron chi connectivity index (χ1n) is 1.40. The summed E-state index contributed by atoms with van der Waals surface area (Å²) < 4.78 is 0. The topological polar surface area (TPSA) is 24.7 Å². The predicted octanol–water partition coefficient (Wildman–Crippen LogP) is 1.17. The summed E-state index contributed by atoms with van der Waals surface area (Å²) in [7, 11) is 0. The summed E-state index contributed by atoms with van der Waals surface area (Å²) in [5.41, 5.74) is 0. The highest BCUT2D eigenvalue weighted by Crippen LogP contribution is 2.09. The molecule has 1 aliphatic heterocycles. The number of hydrogen-bond acceptors (Lipinski definition) is 2. The smallest absolute Gasteiger partial charge is 0.146 e. The quantitative estimate of drug-likeness (QED) is 0.351. The van der Waals surface area contributed by atoms with Crippen molar-refractivity contribution in [2.24, 2.45) is 10.2 Å². The van der Waals surface area contributed by atoms with E-state index in [0.29, 0.717) is 4.95 Å². The van der Waals surface area contributed by atoms with Crippen LogP contribution in [0.15, 0.2) is 10.2 Å². The van der Waals surface area contributed by atoms with Crippen molar-refractivity contribution < 1.29 is 0 Å². The van der Waals surface area contributed by atoms with Gasteiger partial charge in [-0.2, -0.15) is 10.2 Å². The zero-order chi connectivity index (χ0) is 3.70. The van der Waals surface area contributed by atoms with E-state index in [-0.39, 0.29) is 0 Å². The second-order valence-electron chi connectivity index (χ2n) is 0.874. The Labute approximate surface area is 38.4 Å². The molecule has 0 fully saturated rings. The van der Waals surface area contributed by atoms with E-state index in [1.165, 1.54) is 0 Å². The third-order valence-electron chi connectivity index (χ3n) is 0.439. The fourth-order valence-corrected chi connectivity index (χ4v) is 0.402. The Morgan fingerprint density at radius 1 is 1.80 bits per heavy atom. The summed E-state index contributed by atoms with van der Waals surface area (Å²) in [5.74, 6) is 0. The number of alkyl halides is 1. The molecule has 2 nitrogen and oxygen atoms in total. The average molecular weight is 135 g/mol. The highest BCUT2D eigenvalue weighted by atomic mass is 79.9. The van der Waals surface area contributed by atoms with Crippen LogP contribution in [0.25, 0.3) is 0 Å². The maximum atomic E-state index is 3.61. The highest BCUT2D eigenvalue weighted by Gasteiger charge is 2.05. The zero-order valence-electron chi connectivity index (χ0n) is 2.56. The Kier molecular flexibility index (Phi) is 0.686. The lowest BCUT2D eigenvalue weighted by atomic mass is 10.6. The van der Waals surface area contributed by atoms with Crippen LogP contribution < -0.4 is 0 Å². The lowest BCUT2D eigenvalue weighted by Gasteiger charge is -2.03. The van der Waals surface area contributed by atoms with Gasteiger partial charge in [0.25, 0.3) is 0 Å². The fourth-order valence-electron chi connectivity index (χ4n) is 0.143. The summed E-state index contributed by atoms with van der Waals surface area (Å²) >= 11 is 3.20. The van der Waals surface area contributed by atoms with Crippen molar-refractivity contribution in [2.75, 3.05) is 6.54 Å². The second kappa shape index (κ2) is 1.05. The van der Waals surface area contributed by atoms with Crippen molar-refractivity contribution in [2.45, 2.75) is 4.95 Å². The molecular weight excluding hydrogens is 132 g/mol. The van der Waals surface area contributed by atoms with Gasteiger partial charge in [-0.3, -0.25) is 0 Å². The molecule has 1 rings (SSSR count). The molecule has 0 spiro atoms. The van der Waals surface area contributed by atoms with Crippen molar-refractivity contribution in [1.29, 1.82) is 0 Å². The molecular formula is C2H3BrN2. The van der Waals surface area contributed by atoms with Crippen LogP contribution in [0.5, 0.6) is 0 Å². The van der Waals surface area contributed by atoms with E-state index in [4.69, 9.17) is 0 Å². The van der Waals surface area contributed by atoms with Gasteiger partial charge in [-0.15, -0.1) is 0 Å². The van der Waals surface area contributed by atoms with Gasteiger partial charge in [0.05, 0.1) is 6.54 Å². The molecule has 0 bridgehead atoms. The predicted molar refractivity (Wildman–Crippen MR) is 22.4 cm³/mol. The fraction of sp³-hybridized carbons (Fsp3) is 1.00. The van der Waals surface area contributed by atoms with Crippen molar-refractivity contribution in [3.05, 3.63) is 0 Å². The van der Waals surface area contributed by atoms with Crippen LogP contribution in [0.1, 0.15) is 0 Å². The lowest BCUT2D eigenvalue weighted by Crippen LogP contribution is -2.05. The summed E-state index contributed by atoms with van der Waals surface area (Å²) in [6, 6.07) is 0.